The van der Waals surface area contributed by atoms with E-state index in [0.29, 0.717) is 6.54 Å². The molecule has 1 fully saturated rings. The predicted octanol–water partition coefficient (Wildman–Crippen LogP) is 5.11. The molecule has 0 unspecified atom stereocenters. The van der Waals surface area contributed by atoms with E-state index >= 15 is 0 Å². The van der Waals surface area contributed by atoms with Gasteiger partial charge in [-0.1, -0.05) is 36.8 Å². The molecule has 1 saturated heterocycles. The van der Waals surface area contributed by atoms with Crippen LogP contribution in [-0.4, -0.2) is 43.0 Å². The smallest absolute Gasteiger partial charge is 0.253 e. The summed E-state index contributed by atoms with van der Waals surface area (Å²) in [5.41, 5.74) is 3.14. The van der Waals surface area contributed by atoms with Crippen LogP contribution in [0.4, 0.5) is 0 Å². The zero-order valence-corrected chi connectivity index (χ0v) is 17.9. The first kappa shape index (κ1) is 20.4. The van der Waals surface area contributed by atoms with Crippen molar-refractivity contribution in [3.05, 3.63) is 77.4 Å². The van der Waals surface area contributed by atoms with E-state index in [0.717, 1.165) is 34.2 Å². The van der Waals surface area contributed by atoms with E-state index in [1.165, 1.54) is 37.9 Å². The summed E-state index contributed by atoms with van der Waals surface area (Å²) in [7, 11) is 3.54. The molecule has 3 aromatic carbocycles. The van der Waals surface area contributed by atoms with Gasteiger partial charge in [0.2, 0.25) is 0 Å². The van der Waals surface area contributed by atoms with E-state index in [1.54, 1.807) is 12.0 Å². The van der Waals surface area contributed by atoms with Crippen molar-refractivity contribution in [2.45, 2.75) is 32.4 Å². The lowest BCUT2D eigenvalue weighted by Crippen LogP contribution is -2.29. The molecule has 4 rings (SSSR count). The van der Waals surface area contributed by atoms with Crippen molar-refractivity contribution in [3.8, 4) is 5.75 Å². The number of hydrogen-bond donors (Lipinski definition) is 0. The van der Waals surface area contributed by atoms with Crippen LogP contribution in [0.1, 0.15) is 40.7 Å². The Labute approximate surface area is 179 Å². The van der Waals surface area contributed by atoms with E-state index in [-0.39, 0.29) is 5.91 Å². The van der Waals surface area contributed by atoms with Gasteiger partial charge in [0.25, 0.3) is 5.91 Å². The summed E-state index contributed by atoms with van der Waals surface area (Å²) in [5.74, 6) is 0.903. The highest BCUT2D eigenvalue weighted by molar-refractivity contribution is 5.94. The van der Waals surface area contributed by atoms with Crippen LogP contribution in [0.25, 0.3) is 10.8 Å². The topological polar surface area (TPSA) is 32.8 Å². The summed E-state index contributed by atoms with van der Waals surface area (Å²) in [6.45, 7) is 3.92. The molecule has 0 bridgehead atoms. The molecule has 0 aromatic heterocycles. The van der Waals surface area contributed by atoms with Gasteiger partial charge in [0.1, 0.15) is 5.75 Å². The highest BCUT2D eigenvalue weighted by atomic mass is 16.5. The van der Waals surface area contributed by atoms with Gasteiger partial charge in [0.05, 0.1) is 7.11 Å². The number of benzene rings is 3. The first-order valence-electron chi connectivity index (χ1n) is 10.8. The van der Waals surface area contributed by atoms with E-state index < -0.39 is 0 Å². The van der Waals surface area contributed by atoms with Crippen LogP contribution in [-0.2, 0) is 13.1 Å². The second-order valence-corrected chi connectivity index (χ2v) is 8.24. The van der Waals surface area contributed by atoms with Crippen molar-refractivity contribution in [2.24, 2.45) is 0 Å². The molecule has 4 nitrogen and oxygen atoms in total. The van der Waals surface area contributed by atoms with Crippen LogP contribution in [0.2, 0.25) is 0 Å². The molecule has 4 heteroatoms. The quantitative estimate of drug-likeness (QED) is 0.575. The first-order chi connectivity index (χ1) is 14.6. The molecule has 1 aliphatic rings. The number of carbonyl (C=O) groups is 1. The van der Waals surface area contributed by atoms with Gasteiger partial charge in [-0.2, -0.15) is 0 Å². The minimum atomic E-state index is 0.0503. The summed E-state index contributed by atoms with van der Waals surface area (Å²) < 4.78 is 5.29. The van der Waals surface area contributed by atoms with E-state index in [2.05, 4.69) is 41.3 Å². The molecule has 1 aliphatic heterocycles. The maximum atomic E-state index is 12.9. The third-order valence-corrected chi connectivity index (χ3v) is 5.93. The molecule has 0 saturated carbocycles. The van der Waals surface area contributed by atoms with Crippen LogP contribution in [0.5, 0.6) is 5.75 Å². The second kappa shape index (κ2) is 9.31. The molecule has 156 valence electrons. The lowest BCUT2D eigenvalue weighted by atomic mass is 10.1. The summed E-state index contributed by atoms with van der Waals surface area (Å²) in [4.78, 5) is 17.2. The fourth-order valence-corrected chi connectivity index (χ4v) is 4.19. The van der Waals surface area contributed by atoms with Gasteiger partial charge in [-0.25, -0.2) is 0 Å². The molecule has 1 heterocycles. The van der Waals surface area contributed by atoms with Gasteiger partial charge in [0, 0.05) is 25.7 Å². The molecule has 1 amide bonds. The Morgan fingerprint density at radius 2 is 1.57 bits per heavy atom. The average molecular weight is 403 g/mol. The standard InChI is InChI=1S/C26H30N2O2/c1-27(18-21-8-11-24-17-25(30-2)13-12-23(24)16-21)26(29)22-9-6-20(7-10-22)19-28-14-4-3-5-15-28/h6-13,16-17H,3-5,14-15,18-19H2,1-2H3. The normalized spacial score (nSPS) is 14.6. The van der Waals surface area contributed by atoms with E-state index in [4.69, 9.17) is 4.74 Å². The third-order valence-electron chi connectivity index (χ3n) is 5.93. The highest BCUT2D eigenvalue weighted by Crippen LogP contribution is 2.22. The first-order valence-corrected chi connectivity index (χ1v) is 10.8. The lowest BCUT2D eigenvalue weighted by Gasteiger charge is -2.26. The van der Waals surface area contributed by atoms with Gasteiger partial charge in [-0.05, 0) is 78.2 Å². The van der Waals surface area contributed by atoms with Gasteiger partial charge in [-0.15, -0.1) is 0 Å². The Kier molecular flexibility index (Phi) is 6.34. The fraction of sp³-hybridized carbons (Fsp3) is 0.346. The van der Waals surface area contributed by atoms with Crippen molar-refractivity contribution in [3.63, 3.8) is 0 Å². The van der Waals surface area contributed by atoms with Crippen molar-refractivity contribution in [2.75, 3.05) is 27.2 Å². The number of rotatable bonds is 6. The molecule has 0 spiro atoms. The Bertz CT molecular complexity index is 1010. The number of likely N-dealkylation sites (tertiary alicyclic amines) is 1. The number of ether oxygens (including phenoxy) is 1. The number of amides is 1. The molecular formula is C26H30N2O2. The number of hydrogen-bond acceptors (Lipinski definition) is 3. The fourth-order valence-electron chi connectivity index (χ4n) is 4.19. The summed E-state index contributed by atoms with van der Waals surface area (Å²) >= 11 is 0. The van der Waals surface area contributed by atoms with Gasteiger partial charge in [-0.3, -0.25) is 9.69 Å². The van der Waals surface area contributed by atoms with Crippen molar-refractivity contribution >= 4 is 16.7 Å². The molecular weight excluding hydrogens is 372 g/mol. The molecule has 0 aliphatic carbocycles. The lowest BCUT2D eigenvalue weighted by molar-refractivity contribution is 0.0785. The molecule has 0 radical (unpaired) electrons. The SMILES string of the molecule is COc1ccc2cc(CN(C)C(=O)c3ccc(CN4CCCCC4)cc3)ccc2c1. The number of nitrogens with zero attached hydrogens (tertiary/aromatic N) is 2. The van der Waals surface area contributed by atoms with Gasteiger partial charge < -0.3 is 9.64 Å². The van der Waals surface area contributed by atoms with E-state index in [1.807, 2.05) is 31.3 Å². The Morgan fingerprint density at radius 1 is 0.900 bits per heavy atom. The summed E-state index contributed by atoms with van der Waals surface area (Å²) in [6.07, 6.45) is 3.94. The number of fused-ring (bicyclic) bond motifs is 1. The molecule has 30 heavy (non-hydrogen) atoms. The van der Waals surface area contributed by atoms with Gasteiger partial charge in [0.15, 0.2) is 0 Å². The van der Waals surface area contributed by atoms with Crippen molar-refractivity contribution in [1.82, 2.24) is 9.80 Å². The van der Waals surface area contributed by atoms with Crippen LogP contribution < -0.4 is 4.74 Å². The van der Waals surface area contributed by atoms with E-state index in [9.17, 15) is 4.79 Å². The number of piperidine rings is 1. The summed E-state index contributed by atoms with van der Waals surface area (Å²) in [5, 5.41) is 2.28. The third kappa shape index (κ3) is 4.82. The minimum Gasteiger partial charge on any atom is -0.497 e. The van der Waals surface area contributed by atoms with Crippen LogP contribution in [0.15, 0.2) is 60.7 Å². The monoisotopic (exact) mass is 402 g/mol. The molecule has 0 atom stereocenters. The Hall–Kier alpha value is -2.85. The van der Waals surface area contributed by atoms with Crippen LogP contribution >= 0.6 is 0 Å². The largest absolute Gasteiger partial charge is 0.497 e. The molecule has 0 N–H and O–H groups in total. The molecule has 3 aromatic rings. The second-order valence-electron chi connectivity index (χ2n) is 8.24. The average Bonchev–Trinajstić information content (AvgIpc) is 2.79. The zero-order valence-electron chi connectivity index (χ0n) is 17.9. The van der Waals surface area contributed by atoms with Crippen molar-refractivity contribution < 1.29 is 9.53 Å². The van der Waals surface area contributed by atoms with Crippen LogP contribution in [0.3, 0.4) is 0 Å². The number of carbonyl (C=O) groups excluding carboxylic acids is 1. The maximum absolute atomic E-state index is 12.9. The zero-order chi connectivity index (χ0) is 20.9. The van der Waals surface area contributed by atoms with Crippen LogP contribution in [0, 0.1) is 0 Å². The Balaban J connectivity index is 1.39. The highest BCUT2D eigenvalue weighted by Gasteiger charge is 2.14. The minimum absolute atomic E-state index is 0.0503. The van der Waals surface area contributed by atoms with Crippen molar-refractivity contribution in [1.29, 1.82) is 0 Å². The number of methoxy groups -OCH3 is 1. The Morgan fingerprint density at radius 3 is 2.30 bits per heavy atom. The predicted molar refractivity (Wildman–Crippen MR) is 122 cm³/mol. The maximum Gasteiger partial charge on any atom is 0.253 e. The van der Waals surface area contributed by atoms with Gasteiger partial charge >= 0.3 is 0 Å². The summed E-state index contributed by atoms with van der Waals surface area (Å²) in [6, 6.07) is 20.5.